The molecule has 108 valence electrons. The van der Waals surface area contributed by atoms with Crippen molar-refractivity contribution in [2.45, 2.75) is 44.2 Å². The van der Waals surface area contributed by atoms with E-state index in [9.17, 15) is 4.79 Å². The highest BCUT2D eigenvalue weighted by atomic mass is 79.9. The molecular weight excluding hydrogens is 316 g/mol. The Bertz CT molecular complexity index is 502. The fraction of sp³-hybridized carbons (Fsp3) is 0.562. The SMILES string of the molecule is C[C@@H]1C[C@H](N)CCN1C(=O)[C@@H]1C[C@@H]1c1ccc(Br)cc1. The van der Waals surface area contributed by atoms with E-state index in [1.807, 2.05) is 4.90 Å². The Kier molecular flexibility index (Phi) is 3.87. The van der Waals surface area contributed by atoms with Crippen molar-refractivity contribution in [1.82, 2.24) is 4.90 Å². The van der Waals surface area contributed by atoms with Crippen LogP contribution in [0.4, 0.5) is 0 Å². The van der Waals surface area contributed by atoms with Gasteiger partial charge in [0.15, 0.2) is 0 Å². The molecule has 2 aliphatic rings. The van der Waals surface area contributed by atoms with Crippen LogP contribution in [0.5, 0.6) is 0 Å². The molecule has 1 saturated carbocycles. The summed E-state index contributed by atoms with van der Waals surface area (Å²) in [5.74, 6) is 0.934. The van der Waals surface area contributed by atoms with Crippen molar-refractivity contribution in [2.75, 3.05) is 6.54 Å². The van der Waals surface area contributed by atoms with E-state index in [4.69, 9.17) is 5.73 Å². The normalized spacial score (nSPS) is 33.0. The number of hydrogen-bond acceptors (Lipinski definition) is 2. The van der Waals surface area contributed by atoms with Crippen molar-refractivity contribution in [1.29, 1.82) is 0 Å². The number of hydrogen-bond donors (Lipinski definition) is 1. The summed E-state index contributed by atoms with van der Waals surface area (Å²) in [5.41, 5.74) is 7.25. The number of nitrogens with two attached hydrogens (primary N) is 1. The van der Waals surface area contributed by atoms with Gasteiger partial charge in [-0.1, -0.05) is 28.1 Å². The highest BCUT2D eigenvalue weighted by Crippen LogP contribution is 2.49. The quantitative estimate of drug-likeness (QED) is 0.902. The van der Waals surface area contributed by atoms with Crippen LogP contribution in [-0.2, 0) is 4.79 Å². The molecule has 4 atom stereocenters. The van der Waals surface area contributed by atoms with Gasteiger partial charge in [0.1, 0.15) is 0 Å². The standard InChI is InChI=1S/C16H21BrN2O/c1-10-8-13(18)6-7-19(10)16(20)15-9-14(15)11-2-4-12(17)5-3-11/h2-5,10,13-15H,6-9,18H2,1H3/t10-,13-,14-,15-/m1/s1. The fourth-order valence-electron chi connectivity index (χ4n) is 3.30. The zero-order chi connectivity index (χ0) is 14.3. The van der Waals surface area contributed by atoms with Gasteiger partial charge in [0.05, 0.1) is 0 Å². The van der Waals surface area contributed by atoms with Gasteiger partial charge in [-0.15, -0.1) is 0 Å². The molecule has 1 aromatic rings. The molecule has 2 N–H and O–H groups in total. The molecule has 1 aliphatic heterocycles. The maximum absolute atomic E-state index is 12.6. The van der Waals surface area contributed by atoms with Crippen molar-refractivity contribution < 1.29 is 4.79 Å². The molecular formula is C16H21BrN2O. The number of nitrogens with zero attached hydrogens (tertiary/aromatic N) is 1. The van der Waals surface area contributed by atoms with Crippen molar-refractivity contribution in [3.8, 4) is 0 Å². The maximum atomic E-state index is 12.6. The van der Waals surface area contributed by atoms with Crippen LogP contribution in [0.3, 0.4) is 0 Å². The predicted octanol–water partition coefficient (Wildman–Crippen LogP) is 2.89. The lowest BCUT2D eigenvalue weighted by molar-refractivity contribution is -0.136. The zero-order valence-corrected chi connectivity index (χ0v) is 13.3. The van der Waals surface area contributed by atoms with Crippen LogP contribution in [0.2, 0.25) is 0 Å². The van der Waals surface area contributed by atoms with E-state index >= 15 is 0 Å². The van der Waals surface area contributed by atoms with Gasteiger partial charge >= 0.3 is 0 Å². The van der Waals surface area contributed by atoms with Gasteiger partial charge in [0.2, 0.25) is 5.91 Å². The molecule has 2 fully saturated rings. The van der Waals surface area contributed by atoms with E-state index in [2.05, 4.69) is 47.1 Å². The number of likely N-dealkylation sites (tertiary alicyclic amines) is 1. The zero-order valence-electron chi connectivity index (χ0n) is 11.8. The summed E-state index contributed by atoms with van der Waals surface area (Å²) in [5, 5.41) is 0. The van der Waals surface area contributed by atoms with Crippen LogP contribution in [0, 0.1) is 5.92 Å². The van der Waals surface area contributed by atoms with Gasteiger partial charge in [-0.05, 0) is 49.8 Å². The molecule has 1 amide bonds. The number of rotatable bonds is 2. The summed E-state index contributed by atoms with van der Waals surface area (Å²) >= 11 is 3.45. The van der Waals surface area contributed by atoms with Crippen LogP contribution in [0.1, 0.15) is 37.7 Å². The Labute approximate surface area is 128 Å². The molecule has 4 heteroatoms. The third-order valence-electron chi connectivity index (χ3n) is 4.61. The minimum absolute atomic E-state index is 0.188. The lowest BCUT2D eigenvalue weighted by atomic mass is 9.98. The van der Waals surface area contributed by atoms with Gasteiger partial charge in [0, 0.05) is 29.0 Å². The first-order valence-electron chi connectivity index (χ1n) is 7.38. The fourth-order valence-corrected chi connectivity index (χ4v) is 3.56. The third kappa shape index (κ3) is 2.77. The predicted molar refractivity (Wildman–Crippen MR) is 83.4 cm³/mol. The van der Waals surface area contributed by atoms with Crippen LogP contribution in [-0.4, -0.2) is 29.4 Å². The highest BCUT2D eigenvalue weighted by Gasteiger charge is 2.46. The van der Waals surface area contributed by atoms with Crippen molar-refractivity contribution in [2.24, 2.45) is 11.7 Å². The molecule has 1 heterocycles. The average Bonchev–Trinajstić information content (AvgIpc) is 3.19. The van der Waals surface area contributed by atoms with E-state index in [-0.39, 0.29) is 18.0 Å². The summed E-state index contributed by atoms with van der Waals surface area (Å²) in [4.78, 5) is 14.7. The van der Waals surface area contributed by atoms with Crippen molar-refractivity contribution in [3.63, 3.8) is 0 Å². The minimum atomic E-state index is 0.188. The number of benzene rings is 1. The summed E-state index contributed by atoms with van der Waals surface area (Å²) in [7, 11) is 0. The molecule has 3 nitrogen and oxygen atoms in total. The summed E-state index contributed by atoms with van der Waals surface area (Å²) < 4.78 is 1.09. The molecule has 0 bridgehead atoms. The number of piperidine rings is 1. The Morgan fingerprint density at radius 1 is 1.30 bits per heavy atom. The highest BCUT2D eigenvalue weighted by molar-refractivity contribution is 9.10. The number of carbonyl (C=O) groups excluding carboxylic acids is 1. The summed E-state index contributed by atoms with van der Waals surface area (Å²) in [6.45, 7) is 2.94. The first-order chi connectivity index (χ1) is 9.56. The number of halogens is 1. The minimum Gasteiger partial charge on any atom is -0.340 e. The van der Waals surface area contributed by atoms with Crippen molar-refractivity contribution >= 4 is 21.8 Å². The molecule has 0 aromatic heterocycles. The Hall–Kier alpha value is -0.870. The first-order valence-corrected chi connectivity index (χ1v) is 8.17. The Morgan fingerprint density at radius 2 is 2.00 bits per heavy atom. The molecule has 20 heavy (non-hydrogen) atoms. The molecule has 0 spiro atoms. The second kappa shape index (κ2) is 5.49. The van der Waals surface area contributed by atoms with Crippen LogP contribution in [0.25, 0.3) is 0 Å². The second-order valence-electron chi connectivity index (χ2n) is 6.17. The van der Waals surface area contributed by atoms with E-state index in [1.165, 1.54) is 5.56 Å². The number of amides is 1. The Balaban J connectivity index is 1.64. The summed E-state index contributed by atoms with van der Waals surface area (Å²) in [6.07, 6.45) is 2.86. The smallest absolute Gasteiger partial charge is 0.226 e. The monoisotopic (exact) mass is 336 g/mol. The van der Waals surface area contributed by atoms with Crippen LogP contribution in [0.15, 0.2) is 28.7 Å². The van der Waals surface area contributed by atoms with Gasteiger partial charge in [-0.25, -0.2) is 0 Å². The van der Waals surface area contributed by atoms with E-state index in [1.54, 1.807) is 0 Å². The Morgan fingerprint density at radius 3 is 2.65 bits per heavy atom. The molecule has 0 unspecified atom stereocenters. The average molecular weight is 337 g/mol. The number of carbonyl (C=O) groups is 1. The van der Waals surface area contributed by atoms with Gasteiger partial charge in [0.25, 0.3) is 0 Å². The van der Waals surface area contributed by atoms with Gasteiger partial charge < -0.3 is 10.6 Å². The molecule has 1 saturated heterocycles. The first kappa shape index (κ1) is 14.1. The molecule has 1 aromatic carbocycles. The van der Waals surface area contributed by atoms with E-state index in [0.717, 1.165) is 30.3 Å². The largest absolute Gasteiger partial charge is 0.340 e. The van der Waals surface area contributed by atoms with E-state index in [0.29, 0.717) is 11.8 Å². The maximum Gasteiger partial charge on any atom is 0.226 e. The van der Waals surface area contributed by atoms with E-state index < -0.39 is 0 Å². The lowest BCUT2D eigenvalue weighted by Crippen LogP contribution is -2.49. The van der Waals surface area contributed by atoms with Gasteiger partial charge in [-0.3, -0.25) is 4.79 Å². The molecule has 1 aliphatic carbocycles. The molecule has 3 rings (SSSR count). The van der Waals surface area contributed by atoms with Crippen molar-refractivity contribution in [3.05, 3.63) is 34.3 Å². The lowest BCUT2D eigenvalue weighted by Gasteiger charge is -2.36. The topological polar surface area (TPSA) is 46.3 Å². The van der Waals surface area contributed by atoms with Crippen LogP contribution >= 0.6 is 15.9 Å². The summed E-state index contributed by atoms with van der Waals surface area (Å²) in [6, 6.07) is 8.90. The molecule has 0 radical (unpaired) electrons. The second-order valence-corrected chi connectivity index (χ2v) is 7.08. The van der Waals surface area contributed by atoms with Gasteiger partial charge in [-0.2, -0.15) is 0 Å². The van der Waals surface area contributed by atoms with Crippen LogP contribution < -0.4 is 5.73 Å². The third-order valence-corrected chi connectivity index (χ3v) is 5.13.